The third-order valence-electron chi connectivity index (χ3n) is 4.99. The van der Waals surface area contributed by atoms with Gasteiger partial charge in [-0.3, -0.25) is 9.69 Å². The van der Waals surface area contributed by atoms with Crippen LogP contribution in [0.3, 0.4) is 0 Å². The lowest BCUT2D eigenvalue weighted by atomic mass is 9.97. The Labute approximate surface area is 183 Å². The molecule has 1 aliphatic heterocycles. The molecule has 30 heavy (non-hydrogen) atoms. The number of rotatable bonds is 5. The van der Waals surface area contributed by atoms with Crippen molar-refractivity contribution in [3.63, 3.8) is 0 Å². The van der Waals surface area contributed by atoms with Crippen molar-refractivity contribution in [2.75, 3.05) is 18.4 Å². The van der Waals surface area contributed by atoms with Crippen molar-refractivity contribution >= 4 is 34.8 Å². The molecule has 1 aliphatic rings. The summed E-state index contributed by atoms with van der Waals surface area (Å²) in [5.74, 6) is 0.288. The molecule has 0 bridgehead atoms. The zero-order valence-electron chi connectivity index (χ0n) is 15.9. The van der Waals surface area contributed by atoms with Crippen molar-refractivity contribution in [2.24, 2.45) is 5.92 Å². The highest BCUT2D eigenvalue weighted by Gasteiger charge is 2.27. The number of amides is 1. The summed E-state index contributed by atoms with van der Waals surface area (Å²) in [5, 5.41) is 7.77. The third-order valence-corrected chi connectivity index (χ3v) is 5.54. The van der Waals surface area contributed by atoms with Gasteiger partial charge in [0.1, 0.15) is 5.82 Å². The molecule has 0 saturated carbocycles. The number of likely N-dealkylation sites (tertiary alicyclic amines) is 1. The predicted octanol–water partition coefficient (Wildman–Crippen LogP) is 5.03. The molecular formula is C21H19Cl2FN4O2. The maximum Gasteiger partial charge on any atom is 0.241 e. The number of piperidine rings is 1. The van der Waals surface area contributed by atoms with E-state index in [0.29, 0.717) is 46.1 Å². The Kier molecular flexibility index (Phi) is 6.32. The van der Waals surface area contributed by atoms with Crippen molar-refractivity contribution in [1.29, 1.82) is 0 Å². The zero-order valence-corrected chi connectivity index (χ0v) is 17.5. The summed E-state index contributed by atoms with van der Waals surface area (Å²) in [7, 11) is 0. The van der Waals surface area contributed by atoms with Crippen molar-refractivity contribution in [1.82, 2.24) is 15.0 Å². The van der Waals surface area contributed by atoms with Gasteiger partial charge in [-0.15, -0.1) is 0 Å². The van der Waals surface area contributed by atoms with Crippen LogP contribution in [0.15, 0.2) is 47.0 Å². The van der Waals surface area contributed by atoms with Gasteiger partial charge in [-0.25, -0.2) is 4.39 Å². The van der Waals surface area contributed by atoms with Gasteiger partial charge in [0.05, 0.1) is 23.2 Å². The molecule has 1 amide bonds. The largest absolute Gasteiger partial charge is 0.338 e. The van der Waals surface area contributed by atoms with Crippen LogP contribution in [-0.4, -0.2) is 34.0 Å². The number of hydrogen-bond acceptors (Lipinski definition) is 5. The van der Waals surface area contributed by atoms with Crippen LogP contribution >= 0.6 is 23.2 Å². The van der Waals surface area contributed by atoms with Gasteiger partial charge in [-0.1, -0.05) is 28.4 Å². The van der Waals surface area contributed by atoms with Crippen molar-refractivity contribution < 1.29 is 13.7 Å². The Morgan fingerprint density at radius 1 is 1.23 bits per heavy atom. The number of aromatic nitrogens is 2. The second-order valence-corrected chi connectivity index (χ2v) is 8.05. The number of hydrogen-bond donors (Lipinski definition) is 1. The van der Waals surface area contributed by atoms with E-state index in [-0.39, 0.29) is 17.6 Å². The first-order chi connectivity index (χ1) is 14.5. The van der Waals surface area contributed by atoms with Gasteiger partial charge >= 0.3 is 0 Å². The van der Waals surface area contributed by atoms with E-state index in [1.165, 1.54) is 12.1 Å². The molecule has 0 radical (unpaired) electrons. The average Bonchev–Trinajstić information content (AvgIpc) is 3.19. The van der Waals surface area contributed by atoms with Gasteiger partial charge in [0.15, 0.2) is 0 Å². The second-order valence-electron chi connectivity index (χ2n) is 7.21. The summed E-state index contributed by atoms with van der Waals surface area (Å²) in [6.07, 6.45) is 1.67. The van der Waals surface area contributed by atoms with Crippen LogP contribution in [0.4, 0.5) is 10.1 Å². The van der Waals surface area contributed by atoms with E-state index < -0.39 is 0 Å². The lowest BCUT2D eigenvalue weighted by Gasteiger charge is -2.30. The molecule has 1 fully saturated rings. The van der Waals surface area contributed by atoms with Gasteiger partial charge in [-0.05, 0) is 61.9 Å². The van der Waals surface area contributed by atoms with E-state index in [0.717, 1.165) is 19.4 Å². The summed E-state index contributed by atoms with van der Waals surface area (Å²) in [5.41, 5.74) is 1.23. The van der Waals surface area contributed by atoms with Gasteiger partial charge in [0.2, 0.25) is 17.6 Å². The normalized spacial score (nSPS) is 17.1. The number of nitrogens with zero attached hydrogens (tertiary/aromatic N) is 3. The van der Waals surface area contributed by atoms with E-state index in [1.807, 2.05) is 0 Å². The van der Waals surface area contributed by atoms with Crippen LogP contribution in [0.1, 0.15) is 18.7 Å². The first-order valence-corrected chi connectivity index (χ1v) is 10.3. The van der Waals surface area contributed by atoms with E-state index in [1.54, 1.807) is 30.3 Å². The van der Waals surface area contributed by atoms with Crippen molar-refractivity contribution in [2.45, 2.75) is 19.4 Å². The van der Waals surface area contributed by atoms with E-state index in [9.17, 15) is 9.18 Å². The SMILES string of the molecule is O=C(Nc1ccc(Cl)cc1Cl)C1CCCN(Cc2nc(-c3ccc(F)cc3)no2)C1. The zero-order chi connectivity index (χ0) is 21.1. The minimum Gasteiger partial charge on any atom is -0.338 e. The summed E-state index contributed by atoms with van der Waals surface area (Å²) >= 11 is 12.1. The molecule has 0 spiro atoms. The molecule has 1 unspecified atom stereocenters. The molecule has 4 rings (SSSR count). The number of benzene rings is 2. The van der Waals surface area contributed by atoms with E-state index in [2.05, 4.69) is 20.4 Å². The van der Waals surface area contributed by atoms with Gasteiger partial charge < -0.3 is 9.84 Å². The number of nitrogens with one attached hydrogen (secondary N) is 1. The molecule has 1 N–H and O–H groups in total. The minimum atomic E-state index is -0.319. The molecule has 1 saturated heterocycles. The summed E-state index contributed by atoms with van der Waals surface area (Å²) < 4.78 is 18.4. The standard InChI is InChI=1S/C21H19Cl2FN4O2/c22-15-5-8-18(17(23)10-15)25-21(29)14-2-1-9-28(11-14)12-19-26-20(27-30-19)13-3-6-16(24)7-4-13/h3-8,10,14H,1-2,9,11-12H2,(H,25,29). The van der Waals surface area contributed by atoms with Crippen LogP contribution in [0, 0.1) is 11.7 Å². The van der Waals surface area contributed by atoms with E-state index >= 15 is 0 Å². The Morgan fingerprint density at radius 3 is 2.80 bits per heavy atom. The first-order valence-electron chi connectivity index (χ1n) is 9.55. The average molecular weight is 449 g/mol. The highest BCUT2D eigenvalue weighted by molar-refractivity contribution is 6.36. The fourth-order valence-corrected chi connectivity index (χ4v) is 3.92. The van der Waals surface area contributed by atoms with Crippen LogP contribution in [0.25, 0.3) is 11.4 Å². The number of anilines is 1. The van der Waals surface area contributed by atoms with E-state index in [4.69, 9.17) is 27.7 Å². The maximum absolute atomic E-state index is 13.1. The Balaban J connectivity index is 1.37. The smallest absolute Gasteiger partial charge is 0.241 e. The molecule has 6 nitrogen and oxygen atoms in total. The number of carbonyl (C=O) groups excluding carboxylic acids is 1. The molecule has 1 atom stereocenters. The molecule has 9 heteroatoms. The number of carbonyl (C=O) groups is 1. The molecule has 2 heterocycles. The number of halogens is 3. The van der Waals surface area contributed by atoms with Gasteiger partial charge in [0, 0.05) is 17.1 Å². The Bertz CT molecular complexity index is 1040. The second kappa shape index (κ2) is 9.12. The summed E-state index contributed by atoms with van der Waals surface area (Å²) in [6, 6.07) is 10.9. The van der Waals surface area contributed by atoms with Crippen LogP contribution < -0.4 is 5.32 Å². The van der Waals surface area contributed by atoms with Crippen molar-refractivity contribution in [3.05, 3.63) is 64.2 Å². The quantitative estimate of drug-likeness (QED) is 0.592. The molecule has 0 aliphatic carbocycles. The van der Waals surface area contributed by atoms with Gasteiger partial charge in [-0.2, -0.15) is 4.98 Å². The monoisotopic (exact) mass is 448 g/mol. The van der Waals surface area contributed by atoms with Crippen molar-refractivity contribution in [3.8, 4) is 11.4 Å². The lowest BCUT2D eigenvalue weighted by Crippen LogP contribution is -2.40. The highest BCUT2D eigenvalue weighted by atomic mass is 35.5. The molecule has 2 aromatic carbocycles. The molecule has 1 aromatic heterocycles. The first kappa shape index (κ1) is 20.8. The fraction of sp³-hybridized carbons (Fsp3) is 0.286. The third kappa shape index (κ3) is 4.98. The van der Waals surface area contributed by atoms with Crippen LogP contribution in [-0.2, 0) is 11.3 Å². The summed E-state index contributed by atoms with van der Waals surface area (Å²) in [4.78, 5) is 19.2. The molecule has 156 valence electrons. The predicted molar refractivity (Wildman–Crippen MR) is 113 cm³/mol. The van der Waals surface area contributed by atoms with Crippen LogP contribution in [0.5, 0.6) is 0 Å². The minimum absolute atomic E-state index is 0.0820. The topological polar surface area (TPSA) is 71.3 Å². The highest BCUT2D eigenvalue weighted by Crippen LogP contribution is 2.27. The lowest BCUT2D eigenvalue weighted by molar-refractivity contribution is -0.121. The Hall–Kier alpha value is -2.48. The Morgan fingerprint density at radius 2 is 2.03 bits per heavy atom. The van der Waals surface area contributed by atoms with Gasteiger partial charge in [0.25, 0.3) is 0 Å². The maximum atomic E-state index is 13.1. The van der Waals surface area contributed by atoms with Crippen LogP contribution in [0.2, 0.25) is 10.0 Å². The summed E-state index contributed by atoms with van der Waals surface area (Å²) in [6.45, 7) is 1.85. The fourth-order valence-electron chi connectivity index (χ4n) is 3.47. The molecular weight excluding hydrogens is 430 g/mol. The molecule has 3 aromatic rings.